The standard InChI is InChI=1S/C55H58N8O5/c64-23-21-60-13-17-62(18-14-60)33-35-5-11-45-37(27-35)29-47(58-45)41-9-7-39(49-3-1-25-67-49)43-31-56-53(51(41)43)55(66)54-52-42(10-8-40(44(52)32-57-54)50-4-2-26-68-50)48-30-38-28-36(6-12-46(38)59-48)34-63-19-15-61(16-20-63)22-24-65/h1-12,25-30,53-54,56-59,64-65H,13-24,31-34H2. The number of aromatic nitrogens is 2. The van der Waals surface area contributed by atoms with Crippen LogP contribution in [0.5, 0.6) is 0 Å². The Morgan fingerprint density at radius 2 is 0.956 bits per heavy atom. The van der Waals surface area contributed by atoms with E-state index in [2.05, 4.69) is 113 Å². The van der Waals surface area contributed by atoms with Crippen LogP contribution in [0.2, 0.25) is 0 Å². The van der Waals surface area contributed by atoms with Gasteiger partial charge in [0.1, 0.15) is 11.5 Å². The van der Waals surface area contributed by atoms with E-state index in [-0.39, 0.29) is 19.0 Å². The zero-order valence-corrected chi connectivity index (χ0v) is 38.3. The molecule has 4 aromatic carbocycles. The monoisotopic (exact) mass is 910 g/mol. The number of aliphatic hydroxyl groups excluding tert-OH is 2. The summed E-state index contributed by atoms with van der Waals surface area (Å²) in [6.45, 7) is 12.5. The number of hydrogen-bond acceptors (Lipinski definition) is 11. The highest BCUT2D eigenvalue weighted by molar-refractivity contribution is 5.99. The molecule has 2 saturated heterocycles. The number of fused-ring (bicyclic) bond motifs is 4. The predicted octanol–water partition coefficient (Wildman–Crippen LogP) is 7.28. The van der Waals surface area contributed by atoms with Gasteiger partial charge < -0.3 is 29.0 Å². The minimum atomic E-state index is -0.597. The van der Waals surface area contributed by atoms with Crippen molar-refractivity contribution in [1.29, 1.82) is 0 Å². The van der Waals surface area contributed by atoms with Crippen molar-refractivity contribution in [2.75, 3.05) is 78.7 Å². The highest BCUT2D eigenvalue weighted by atomic mass is 16.3. The number of Topliss-reactive ketones (excluding diaryl/α,β-unsaturated/α-hetero) is 1. The van der Waals surface area contributed by atoms with Crippen LogP contribution in [-0.4, -0.2) is 124 Å². The second kappa shape index (κ2) is 18.4. The Bertz CT molecular complexity index is 2880. The van der Waals surface area contributed by atoms with Gasteiger partial charge in [0.15, 0.2) is 5.78 Å². The molecule has 6 N–H and O–H groups in total. The lowest BCUT2D eigenvalue weighted by Gasteiger charge is -2.34. The Morgan fingerprint density at radius 1 is 0.529 bits per heavy atom. The van der Waals surface area contributed by atoms with Gasteiger partial charge in [0.05, 0.1) is 37.8 Å². The quantitative estimate of drug-likeness (QED) is 0.0653. The fraction of sp³-hybridized carbons (Fsp3) is 0.327. The second-order valence-corrected chi connectivity index (χ2v) is 19.0. The second-order valence-electron chi connectivity index (χ2n) is 19.0. The Kier molecular flexibility index (Phi) is 11.7. The molecule has 0 radical (unpaired) electrons. The SMILES string of the molecule is O=C(C1NCc2c(-c3ccco3)ccc(-c3cc4cc(CN5CCN(CCO)CC5)ccc4[nH]3)c21)C1NCc2c(-c3ccco3)ccc(-c3cc4cc(CN5CCN(CCO)CC5)ccc4[nH]3)c21. The molecule has 68 heavy (non-hydrogen) atoms. The molecule has 4 aliphatic heterocycles. The third kappa shape index (κ3) is 8.12. The van der Waals surface area contributed by atoms with Crippen LogP contribution in [-0.2, 0) is 31.0 Å². The maximum Gasteiger partial charge on any atom is 0.175 e. The molecule has 13 heteroatoms. The number of piperazine rings is 2. The van der Waals surface area contributed by atoms with Crippen LogP contribution in [0.3, 0.4) is 0 Å². The summed E-state index contributed by atoms with van der Waals surface area (Å²) < 4.78 is 12.0. The van der Waals surface area contributed by atoms with Gasteiger partial charge in [-0.3, -0.25) is 35.0 Å². The van der Waals surface area contributed by atoms with Crippen LogP contribution in [0.15, 0.2) is 118 Å². The molecule has 2 atom stereocenters. The van der Waals surface area contributed by atoms with Gasteiger partial charge in [-0.15, -0.1) is 0 Å². The van der Waals surface area contributed by atoms with Crippen molar-refractivity contribution in [3.63, 3.8) is 0 Å². The van der Waals surface area contributed by atoms with Crippen molar-refractivity contribution in [3.8, 4) is 45.2 Å². The number of carbonyl (C=O) groups excluding carboxylic acids is 1. The molecule has 8 aromatic rings. The maximum atomic E-state index is 15.6. The molecule has 12 rings (SSSR count). The minimum Gasteiger partial charge on any atom is -0.464 e. The summed E-state index contributed by atoms with van der Waals surface area (Å²) in [6.07, 6.45) is 3.41. The van der Waals surface area contributed by atoms with Crippen LogP contribution >= 0.6 is 0 Å². The highest BCUT2D eigenvalue weighted by Crippen LogP contribution is 2.47. The number of aromatic amines is 2. The number of β-amino-alcohol motifs (C(OH)–C–C–N with tert-alkyl or cyclic N) is 2. The van der Waals surface area contributed by atoms with Crippen molar-refractivity contribution in [3.05, 3.63) is 143 Å². The number of carbonyl (C=O) groups is 1. The third-order valence-corrected chi connectivity index (χ3v) is 14.9. The van der Waals surface area contributed by atoms with E-state index in [9.17, 15) is 10.2 Å². The van der Waals surface area contributed by atoms with E-state index in [0.29, 0.717) is 13.1 Å². The molecule has 2 unspecified atom stereocenters. The van der Waals surface area contributed by atoms with Crippen molar-refractivity contribution in [2.24, 2.45) is 0 Å². The Morgan fingerprint density at radius 3 is 1.37 bits per heavy atom. The Balaban J connectivity index is 0.882. The fourth-order valence-electron chi connectivity index (χ4n) is 11.4. The lowest BCUT2D eigenvalue weighted by atomic mass is 9.85. The number of nitrogens with one attached hydrogen (secondary N) is 4. The van der Waals surface area contributed by atoms with Crippen molar-refractivity contribution < 1.29 is 23.8 Å². The molecular formula is C55H58N8O5. The van der Waals surface area contributed by atoms with Crippen LogP contribution in [0, 0.1) is 0 Å². The Labute approximate surface area is 395 Å². The highest BCUT2D eigenvalue weighted by Gasteiger charge is 2.41. The van der Waals surface area contributed by atoms with Crippen molar-refractivity contribution >= 4 is 27.6 Å². The minimum absolute atomic E-state index is 0.0631. The molecule has 0 spiro atoms. The molecule has 0 saturated carbocycles. The molecule has 4 aliphatic rings. The first-order chi connectivity index (χ1) is 33.5. The first-order valence-corrected chi connectivity index (χ1v) is 24.2. The smallest absolute Gasteiger partial charge is 0.175 e. The van der Waals surface area contributed by atoms with Gasteiger partial charge in [-0.2, -0.15) is 0 Å². The first kappa shape index (κ1) is 43.2. The van der Waals surface area contributed by atoms with Crippen LogP contribution < -0.4 is 10.6 Å². The zero-order chi connectivity index (χ0) is 45.7. The van der Waals surface area contributed by atoms with Gasteiger partial charge in [-0.1, -0.05) is 36.4 Å². The van der Waals surface area contributed by atoms with E-state index in [1.807, 2.05) is 24.3 Å². The largest absolute Gasteiger partial charge is 0.464 e. The van der Waals surface area contributed by atoms with E-state index >= 15 is 4.79 Å². The predicted molar refractivity (Wildman–Crippen MR) is 265 cm³/mol. The average Bonchev–Trinajstić information content (AvgIpc) is 4.23. The van der Waals surface area contributed by atoms with Gasteiger partial charge in [0.2, 0.25) is 0 Å². The van der Waals surface area contributed by atoms with Gasteiger partial charge >= 0.3 is 0 Å². The van der Waals surface area contributed by atoms with E-state index in [4.69, 9.17) is 8.83 Å². The number of aliphatic hydroxyl groups is 2. The maximum absolute atomic E-state index is 15.6. The summed E-state index contributed by atoms with van der Waals surface area (Å²) in [5.41, 5.74) is 14.6. The number of nitrogens with zero attached hydrogens (tertiary/aromatic N) is 4. The average molecular weight is 911 g/mol. The van der Waals surface area contributed by atoms with E-state index in [1.165, 1.54) is 11.1 Å². The van der Waals surface area contributed by atoms with Gasteiger partial charge in [0, 0.05) is 147 Å². The lowest BCUT2D eigenvalue weighted by Crippen LogP contribution is -2.46. The van der Waals surface area contributed by atoms with Gasteiger partial charge in [0.25, 0.3) is 0 Å². The summed E-state index contributed by atoms with van der Waals surface area (Å²) >= 11 is 0. The Hall–Kier alpha value is -6.13. The molecule has 13 nitrogen and oxygen atoms in total. The third-order valence-electron chi connectivity index (χ3n) is 14.9. The van der Waals surface area contributed by atoms with E-state index in [1.54, 1.807) is 12.5 Å². The zero-order valence-electron chi connectivity index (χ0n) is 38.3. The molecular weight excluding hydrogens is 853 g/mol. The van der Waals surface area contributed by atoms with Gasteiger partial charge in [-0.25, -0.2) is 0 Å². The van der Waals surface area contributed by atoms with Crippen LogP contribution in [0.1, 0.15) is 45.5 Å². The number of benzene rings is 4. The molecule has 8 heterocycles. The molecule has 348 valence electrons. The number of ketones is 1. The summed E-state index contributed by atoms with van der Waals surface area (Å²) in [5.74, 6) is 1.62. The van der Waals surface area contributed by atoms with Gasteiger partial charge in [-0.05, 0) is 94.0 Å². The molecule has 4 aromatic heterocycles. The van der Waals surface area contributed by atoms with Crippen LogP contribution in [0.4, 0.5) is 0 Å². The summed E-state index contributed by atoms with van der Waals surface area (Å²) in [5, 5.41) is 28.5. The molecule has 0 amide bonds. The van der Waals surface area contributed by atoms with Crippen molar-refractivity contribution in [1.82, 2.24) is 40.2 Å². The lowest BCUT2D eigenvalue weighted by molar-refractivity contribution is -0.123. The molecule has 0 aliphatic carbocycles. The van der Waals surface area contributed by atoms with E-state index < -0.39 is 12.1 Å². The summed E-state index contributed by atoms with van der Waals surface area (Å²) in [6, 6.07) is 33.0. The molecule has 2 fully saturated rings. The topological polar surface area (TPSA) is 152 Å². The number of H-pyrrole nitrogens is 2. The summed E-state index contributed by atoms with van der Waals surface area (Å²) in [4.78, 5) is 32.7. The molecule has 0 bridgehead atoms. The fourth-order valence-corrected chi connectivity index (χ4v) is 11.4. The normalized spacial score (nSPS) is 19.4. The summed E-state index contributed by atoms with van der Waals surface area (Å²) in [7, 11) is 0. The van der Waals surface area contributed by atoms with E-state index in [0.717, 1.165) is 168 Å². The van der Waals surface area contributed by atoms with Crippen molar-refractivity contribution in [2.45, 2.75) is 38.3 Å². The first-order valence-electron chi connectivity index (χ1n) is 24.2. The number of rotatable bonds is 14. The number of furan rings is 2. The number of hydrogen-bond donors (Lipinski definition) is 6. The van der Waals surface area contributed by atoms with Crippen LogP contribution in [0.25, 0.3) is 67.0 Å².